The first kappa shape index (κ1) is 13.3. The summed E-state index contributed by atoms with van der Waals surface area (Å²) in [6.07, 6.45) is 3.33. The summed E-state index contributed by atoms with van der Waals surface area (Å²) in [4.78, 5) is 8.30. The predicted molar refractivity (Wildman–Crippen MR) is 73.7 cm³/mol. The molecule has 0 aromatic carbocycles. The minimum atomic E-state index is 0.540. The lowest BCUT2D eigenvalue weighted by molar-refractivity contribution is 0.392. The third-order valence-corrected chi connectivity index (χ3v) is 3.09. The Morgan fingerprint density at radius 3 is 2.68 bits per heavy atom. The van der Waals surface area contributed by atoms with Crippen LogP contribution in [0, 0.1) is 13.8 Å². The fourth-order valence-electron chi connectivity index (χ4n) is 2.00. The van der Waals surface area contributed by atoms with E-state index in [0.717, 1.165) is 41.2 Å². The maximum Gasteiger partial charge on any atom is 0.138 e. The molecule has 0 aliphatic heterocycles. The van der Waals surface area contributed by atoms with Crippen molar-refractivity contribution in [1.82, 2.24) is 15.1 Å². The van der Waals surface area contributed by atoms with Gasteiger partial charge in [0.05, 0.1) is 5.69 Å². The maximum absolute atomic E-state index is 5.89. The maximum atomic E-state index is 5.89. The van der Waals surface area contributed by atoms with Crippen LogP contribution in [0.3, 0.4) is 0 Å². The molecule has 0 radical (unpaired) electrons. The Balaban J connectivity index is 2.18. The van der Waals surface area contributed by atoms with Gasteiger partial charge in [0.15, 0.2) is 0 Å². The van der Waals surface area contributed by atoms with Crippen LogP contribution in [0.2, 0.25) is 0 Å². The van der Waals surface area contributed by atoms with Gasteiger partial charge in [-0.15, -0.1) is 0 Å². The molecule has 3 N–H and O–H groups in total. The topological polar surface area (TPSA) is 89.9 Å². The van der Waals surface area contributed by atoms with Crippen LogP contribution < -0.4 is 11.1 Å². The average Bonchev–Trinajstić information content (AvgIpc) is 2.70. The molecule has 0 unspecified atom stereocenters. The molecular weight excluding hydrogens is 242 g/mol. The van der Waals surface area contributed by atoms with E-state index in [0.29, 0.717) is 12.4 Å². The molecule has 6 nitrogen and oxygen atoms in total. The lowest BCUT2D eigenvalue weighted by Crippen LogP contribution is -2.09. The van der Waals surface area contributed by atoms with E-state index in [1.165, 1.54) is 6.33 Å². The number of aryl methyl sites for hydroxylation is 2. The Morgan fingerprint density at radius 2 is 2.05 bits per heavy atom. The molecule has 0 aliphatic rings. The highest BCUT2D eigenvalue weighted by atomic mass is 16.5. The number of anilines is 2. The van der Waals surface area contributed by atoms with E-state index in [9.17, 15) is 0 Å². The fraction of sp³-hybridized carbons (Fsp3) is 0.462. The standard InChI is InChI=1S/C13H19N5O/c1-4-5-10-12(14)16-7-17-13(10)15-6-11-8(2)18-19-9(11)3/h7H,4-6H2,1-3H3,(H3,14,15,16,17). The quantitative estimate of drug-likeness (QED) is 0.857. The first-order valence-corrected chi connectivity index (χ1v) is 6.38. The highest BCUT2D eigenvalue weighted by molar-refractivity contribution is 5.55. The lowest BCUT2D eigenvalue weighted by Gasteiger charge is -2.11. The SMILES string of the molecule is CCCc1c(N)ncnc1NCc1c(C)noc1C. The van der Waals surface area contributed by atoms with Gasteiger partial charge < -0.3 is 15.6 Å². The zero-order chi connectivity index (χ0) is 13.8. The largest absolute Gasteiger partial charge is 0.383 e. The fourth-order valence-corrected chi connectivity index (χ4v) is 2.00. The van der Waals surface area contributed by atoms with Gasteiger partial charge in [0, 0.05) is 17.7 Å². The Morgan fingerprint density at radius 1 is 1.26 bits per heavy atom. The van der Waals surface area contributed by atoms with Crippen LogP contribution in [0.25, 0.3) is 0 Å². The van der Waals surface area contributed by atoms with E-state index in [1.54, 1.807) is 0 Å². The Bertz CT molecular complexity index is 545. The van der Waals surface area contributed by atoms with Gasteiger partial charge >= 0.3 is 0 Å². The number of nitrogen functional groups attached to an aromatic ring is 1. The second-order valence-corrected chi connectivity index (χ2v) is 4.49. The van der Waals surface area contributed by atoms with Crippen molar-refractivity contribution in [2.24, 2.45) is 0 Å². The van der Waals surface area contributed by atoms with Crippen LogP contribution in [0.15, 0.2) is 10.9 Å². The number of hydrogen-bond acceptors (Lipinski definition) is 6. The smallest absolute Gasteiger partial charge is 0.138 e. The molecule has 0 spiro atoms. The number of rotatable bonds is 5. The number of nitrogens with one attached hydrogen (secondary N) is 1. The Hall–Kier alpha value is -2.11. The van der Waals surface area contributed by atoms with E-state index < -0.39 is 0 Å². The van der Waals surface area contributed by atoms with Crippen LogP contribution >= 0.6 is 0 Å². The molecular formula is C13H19N5O. The number of hydrogen-bond donors (Lipinski definition) is 2. The second-order valence-electron chi connectivity index (χ2n) is 4.49. The Kier molecular flexibility index (Phi) is 3.99. The van der Waals surface area contributed by atoms with E-state index in [-0.39, 0.29) is 0 Å². The minimum absolute atomic E-state index is 0.540. The van der Waals surface area contributed by atoms with E-state index in [1.807, 2.05) is 13.8 Å². The normalized spacial score (nSPS) is 10.7. The monoisotopic (exact) mass is 261 g/mol. The zero-order valence-electron chi connectivity index (χ0n) is 11.5. The van der Waals surface area contributed by atoms with Crippen LogP contribution in [-0.2, 0) is 13.0 Å². The summed E-state index contributed by atoms with van der Waals surface area (Å²) in [7, 11) is 0. The molecule has 0 atom stereocenters. The van der Waals surface area contributed by atoms with Crippen molar-refractivity contribution in [3.63, 3.8) is 0 Å². The number of aromatic nitrogens is 3. The summed E-state index contributed by atoms with van der Waals surface area (Å²) in [5, 5.41) is 7.22. The summed E-state index contributed by atoms with van der Waals surface area (Å²) in [5.74, 6) is 2.15. The van der Waals surface area contributed by atoms with Crippen molar-refractivity contribution in [1.29, 1.82) is 0 Å². The van der Waals surface area contributed by atoms with Gasteiger partial charge in [-0.25, -0.2) is 9.97 Å². The predicted octanol–water partition coefficient (Wildman–Crippen LogP) is 2.23. The second kappa shape index (κ2) is 5.69. The van der Waals surface area contributed by atoms with E-state index in [4.69, 9.17) is 10.3 Å². The molecule has 0 saturated carbocycles. The van der Waals surface area contributed by atoms with Gasteiger partial charge in [0.25, 0.3) is 0 Å². The minimum Gasteiger partial charge on any atom is -0.383 e. The number of nitrogens with zero attached hydrogens (tertiary/aromatic N) is 3. The summed E-state index contributed by atoms with van der Waals surface area (Å²) in [6.45, 7) is 6.55. The molecule has 0 amide bonds. The summed E-state index contributed by atoms with van der Waals surface area (Å²) in [6, 6.07) is 0. The molecule has 0 aliphatic carbocycles. The van der Waals surface area contributed by atoms with Crippen LogP contribution in [0.1, 0.15) is 35.9 Å². The van der Waals surface area contributed by atoms with Crippen LogP contribution in [0.4, 0.5) is 11.6 Å². The highest BCUT2D eigenvalue weighted by Gasteiger charge is 2.12. The van der Waals surface area contributed by atoms with Crippen molar-refractivity contribution < 1.29 is 4.52 Å². The summed E-state index contributed by atoms with van der Waals surface area (Å²) in [5.41, 5.74) is 8.81. The third kappa shape index (κ3) is 2.83. The van der Waals surface area contributed by atoms with Gasteiger partial charge in [-0.05, 0) is 20.3 Å². The van der Waals surface area contributed by atoms with Crippen molar-refractivity contribution in [2.45, 2.75) is 40.2 Å². The highest BCUT2D eigenvalue weighted by Crippen LogP contribution is 2.21. The first-order chi connectivity index (χ1) is 9.13. The van der Waals surface area contributed by atoms with Crippen LogP contribution in [-0.4, -0.2) is 15.1 Å². The number of nitrogens with two attached hydrogens (primary N) is 1. The third-order valence-electron chi connectivity index (χ3n) is 3.09. The summed E-state index contributed by atoms with van der Waals surface area (Å²) >= 11 is 0. The molecule has 2 rings (SSSR count). The molecule has 0 saturated heterocycles. The molecule has 2 heterocycles. The van der Waals surface area contributed by atoms with Gasteiger partial charge in [0.2, 0.25) is 0 Å². The summed E-state index contributed by atoms with van der Waals surface area (Å²) < 4.78 is 5.14. The molecule has 0 bridgehead atoms. The molecule has 102 valence electrons. The van der Waals surface area contributed by atoms with Gasteiger partial charge in [-0.3, -0.25) is 0 Å². The van der Waals surface area contributed by atoms with Crippen molar-refractivity contribution in [3.05, 3.63) is 28.9 Å². The first-order valence-electron chi connectivity index (χ1n) is 6.38. The zero-order valence-corrected chi connectivity index (χ0v) is 11.5. The molecule has 2 aromatic rings. The van der Waals surface area contributed by atoms with Crippen molar-refractivity contribution >= 4 is 11.6 Å². The molecule has 19 heavy (non-hydrogen) atoms. The Labute approximate surface area is 112 Å². The van der Waals surface area contributed by atoms with Gasteiger partial charge in [0.1, 0.15) is 23.7 Å². The molecule has 6 heteroatoms. The lowest BCUT2D eigenvalue weighted by atomic mass is 10.1. The van der Waals surface area contributed by atoms with Crippen molar-refractivity contribution in [2.75, 3.05) is 11.1 Å². The van der Waals surface area contributed by atoms with E-state index >= 15 is 0 Å². The van der Waals surface area contributed by atoms with E-state index in [2.05, 4.69) is 27.4 Å². The molecule has 0 fully saturated rings. The van der Waals surface area contributed by atoms with Gasteiger partial charge in [-0.2, -0.15) is 0 Å². The van der Waals surface area contributed by atoms with Gasteiger partial charge in [-0.1, -0.05) is 18.5 Å². The van der Waals surface area contributed by atoms with Crippen LogP contribution in [0.5, 0.6) is 0 Å². The molecule has 2 aromatic heterocycles. The average molecular weight is 261 g/mol. The van der Waals surface area contributed by atoms with Crippen molar-refractivity contribution in [3.8, 4) is 0 Å².